The van der Waals surface area contributed by atoms with E-state index in [9.17, 15) is 13.6 Å². The Balaban J connectivity index is 2.04. The molecule has 136 valence electrons. The van der Waals surface area contributed by atoms with E-state index in [0.29, 0.717) is 3.57 Å². The lowest BCUT2D eigenvalue weighted by molar-refractivity contribution is 0.0662. The predicted octanol–water partition coefficient (Wildman–Crippen LogP) is 3.49. The second kappa shape index (κ2) is 8.19. The molecule has 8 heteroatoms. The Hall–Kier alpha value is -1.91. The molecule has 26 heavy (non-hydrogen) atoms. The van der Waals surface area contributed by atoms with Crippen molar-refractivity contribution in [2.45, 2.75) is 6.42 Å². The number of aliphatic hydroxyl groups is 1. The number of carbonyl (C=O) groups is 1. The van der Waals surface area contributed by atoms with Crippen molar-refractivity contribution in [2.24, 2.45) is 0 Å². The fraction of sp³-hybridized carbons (Fsp3) is 0.222. The fourth-order valence-electron chi connectivity index (χ4n) is 2.59. The maximum absolute atomic E-state index is 14.9. The molecule has 5 nitrogen and oxygen atoms in total. The molecule has 1 aromatic heterocycles. The number of halogens is 3. The van der Waals surface area contributed by atoms with Gasteiger partial charge in [0, 0.05) is 21.1 Å². The van der Waals surface area contributed by atoms with Crippen LogP contribution in [-0.4, -0.2) is 35.7 Å². The van der Waals surface area contributed by atoms with Crippen molar-refractivity contribution < 1.29 is 27.8 Å². The molecule has 0 fully saturated rings. The molecular formula is C18H14F2INO4. The second-order valence-corrected chi connectivity index (χ2v) is 6.77. The Kier molecular flexibility index (Phi) is 5.94. The highest BCUT2D eigenvalue weighted by Gasteiger charge is 2.22. The number of carbonyl (C=O) groups excluding carboxylic acids is 1. The van der Waals surface area contributed by atoms with Crippen molar-refractivity contribution >= 4 is 39.5 Å². The number of hydrogen-bond acceptors (Lipinski definition) is 5. The number of rotatable bonds is 7. The average molecular weight is 473 g/mol. The molecule has 3 aromatic rings. The van der Waals surface area contributed by atoms with Gasteiger partial charge in [-0.1, -0.05) is 6.07 Å². The van der Waals surface area contributed by atoms with Crippen LogP contribution in [0.1, 0.15) is 21.5 Å². The lowest BCUT2D eigenvalue weighted by Gasteiger charge is -2.12. The van der Waals surface area contributed by atoms with Crippen molar-refractivity contribution in [1.29, 1.82) is 0 Å². The first-order valence-electron chi connectivity index (χ1n) is 7.71. The average Bonchev–Trinajstić information content (AvgIpc) is 3.08. The molecule has 0 aliphatic rings. The van der Waals surface area contributed by atoms with Crippen LogP contribution in [0.5, 0.6) is 0 Å². The molecule has 0 spiro atoms. The van der Waals surface area contributed by atoms with Crippen molar-refractivity contribution in [1.82, 2.24) is 4.98 Å². The molecule has 0 radical (unpaired) electrons. The Bertz CT molecular complexity index is 958. The van der Waals surface area contributed by atoms with E-state index < -0.39 is 17.4 Å². The third-order valence-corrected chi connectivity index (χ3v) is 4.49. The quantitative estimate of drug-likeness (QED) is 0.323. The van der Waals surface area contributed by atoms with E-state index in [1.54, 1.807) is 12.1 Å². The third kappa shape index (κ3) is 3.92. The summed E-state index contributed by atoms with van der Waals surface area (Å²) in [5.74, 6) is -1.69. The smallest absolute Gasteiger partial charge is 0.188 e. The second-order valence-electron chi connectivity index (χ2n) is 5.53. The Morgan fingerprint density at radius 3 is 2.85 bits per heavy atom. The van der Waals surface area contributed by atoms with Crippen LogP contribution in [0.3, 0.4) is 0 Å². The first kappa shape index (κ1) is 18.9. The zero-order chi connectivity index (χ0) is 18.7. The minimum atomic E-state index is -0.722. The van der Waals surface area contributed by atoms with Gasteiger partial charge in [-0.2, -0.15) is 0 Å². The van der Waals surface area contributed by atoms with Gasteiger partial charge in [-0.25, -0.2) is 13.8 Å². The van der Waals surface area contributed by atoms with Gasteiger partial charge >= 0.3 is 0 Å². The van der Waals surface area contributed by atoms with Gasteiger partial charge in [0.05, 0.1) is 13.2 Å². The molecule has 0 unspecified atom stereocenters. The van der Waals surface area contributed by atoms with Crippen LogP contribution in [0.25, 0.3) is 11.1 Å². The Morgan fingerprint density at radius 1 is 1.31 bits per heavy atom. The van der Waals surface area contributed by atoms with Crippen LogP contribution in [0.2, 0.25) is 0 Å². The molecule has 0 saturated heterocycles. The van der Waals surface area contributed by atoms with Crippen LogP contribution in [-0.2, 0) is 11.2 Å². The number of hydrogen-bond donors (Lipinski definition) is 1. The summed E-state index contributed by atoms with van der Waals surface area (Å²) < 4.78 is 40.0. The van der Waals surface area contributed by atoms with Crippen LogP contribution in [0, 0.1) is 15.2 Å². The molecule has 0 saturated carbocycles. The standard InChI is InChI=1S/C18H14F2INO4/c19-14-6-11(21)2-1-10(14)5-13-12(15(24)8-25-4-3-23)7-16-18(17(13)20)22-9-26-16/h1-2,6-7,9,23H,3-5,8H2. The molecule has 0 atom stereocenters. The number of ketones is 1. The van der Waals surface area contributed by atoms with Crippen molar-refractivity contribution in [3.63, 3.8) is 0 Å². The van der Waals surface area contributed by atoms with Gasteiger partial charge in [-0.15, -0.1) is 0 Å². The number of fused-ring (bicyclic) bond motifs is 1. The zero-order valence-electron chi connectivity index (χ0n) is 13.5. The lowest BCUT2D eigenvalue weighted by Crippen LogP contribution is -2.15. The third-order valence-electron chi connectivity index (χ3n) is 3.82. The van der Waals surface area contributed by atoms with Gasteiger partial charge in [-0.05, 0) is 46.4 Å². The summed E-state index contributed by atoms with van der Waals surface area (Å²) in [4.78, 5) is 16.3. The zero-order valence-corrected chi connectivity index (χ0v) is 15.6. The van der Waals surface area contributed by atoms with Crippen molar-refractivity contribution in [3.8, 4) is 0 Å². The number of nitrogens with zero attached hydrogens (tertiary/aromatic N) is 1. The molecular weight excluding hydrogens is 459 g/mol. The van der Waals surface area contributed by atoms with Crippen LogP contribution >= 0.6 is 22.6 Å². The van der Waals surface area contributed by atoms with Gasteiger partial charge in [0.15, 0.2) is 23.6 Å². The van der Waals surface area contributed by atoms with Crippen LogP contribution < -0.4 is 0 Å². The van der Waals surface area contributed by atoms with E-state index in [4.69, 9.17) is 14.3 Å². The molecule has 0 bridgehead atoms. The highest BCUT2D eigenvalue weighted by molar-refractivity contribution is 14.1. The van der Waals surface area contributed by atoms with Gasteiger partial charge in [0.25, 0.3) is 0 Å². The van der Waals surface area contributed by atoms with E-state index in [2.05, 4.69) is 4.98 Å². The number of aliphatic hydroxyl groups excluding tert-OH is 1. The lowest BCUT2D eigenvalue weighted by atomic mass is 9.95. The molecule has 0 aliphatic heterocycles. The number of ether oxygens (including phenoxy) is 1. The summed E-state index contributed by atoms with van der Waals surface area (Å²) in [6, 6.07) is 5.99. The minimum absolute atomic E-state index is 0.0140. The summed E-state index contributed by atoms with van der Waals surface area (Å²) in [5.41, 5.74) is 0.447. The fourth-order valence-corrected chi connectivity index (χ4v) is 3.04. The monoisotopic (exact) mass is 473 g/mol. The number of aromatic nitrogens is 1. The SMILES string of the molecule is O=C(COCCO)c1cc2ocnc2c(F)c1Cc1ccc(I)cc1F. The number of Topliss-reactive ketones (excluding diaryl/α,β-unsaturated/α-hetero) is 1. The highest BCUT2D eigenvalue weighted by atomic mass is 127. The first-order chi connectivity index (χ1) is 12.5. The molecule has 1 heterocycles. The Morgan fingerprint density at radius 2 is 2.12 bits per heavy atom. The van der Waals surface area contributed by atoms with E-state index >= 15 is 0 Å². The predicted molar refractivity (Wildman–Crippen MR) is 98.1 cm³/mol. The van der Waals surface area contributed by atoms with E-state index in [1.165, 1.54) is 12.1 Å². The molecule has 1 N–H and O–H groups in total. The van der Waals surface area contributed by atoms with Crippen molar-refractivity contribution in [3.05, 3.63) is 62.6 Å². The van der Waals surface area contributed by atoms with Crippen molar-refractivity contribution in [2.75, 3.05) is 19.8 Å². The summed E-state index contributed by atoms with van der Waals surface area (Å²) >= 11 is 1.98. The summed E-state index contributed by atoms with van der Waals surface area (Å²) in [6.45, 7) is -0.578. The minimum Gasteiger partial charge on any atom is -0.443 e. The number of benzene rings is 2. The molecule has 2 aromatic carbocycles. The van der Waals surface area contributed by atoms with Gasteiger partial charge in [0.1, 0.15) is 17.9 Å². The van der Waals surface area contributed by atoms with Gasteiger partial charge in [0.2, 0.25) is 0 Å². The Labute approximate surface area is 161 Å². The maximum atomic E-state index is 14.9. The van der Waals surface area contributed by atoms with Crippen LogP contribution in [0.15, 0.2) is 35.1 Å². The maximum Gasteiger partial charge on any atom is 0.188 e. The summed E-state index contributed by atoms with van der Waals surface area (Å²) in [7, 11) is 0. The van der Waals surface area contributed by atoms with E-state index in [1.807, 2.05) is 22.6 Å². The molecule has 0 aliphatic carbocycles. The molecule has 3 rings (SSSR count). The topological polar surface area (TPSA) is 72.6 Å². The number of oxazole rings is 1. The highest BCUT2D eigenvalue weighted by Crippen LogP contribution is 2.27. The largest absolute Gasteiger partial charge is 0.443 e. The van der Waals surface area contributed by atoms with E-state index in [0.717, 1.165) is 6.39 Å². The summed E-state index contributed by atoms with van der Waals surface area (Å²) in [6.07, 6.45) is 0.970. The molecule has 0 amide bonds. The van der Waals surface area contributed by atoms with E-state index in [-0.39, 0.29) is 54.0 Å². The first-order valence-corrected chi connectivity index (χ1v) is 8.79. The normalized spacial score (nSPS) is 11.2. The van der Waals surface area contributed by atoms with Crippen LogP contribution in [0.4, 0.5) is 8.78 Å². The van der Waals surface area contributed by atoms with Gasteiger partial charge < -0.3 is 14.3 Å². The summed E-state index contributed by atoms with van der Waals surface area (Å²) in [5, 5.41) is 8.75. The van der Waals surface area contributed by atoms with Gasteiger partial charge in [-0.3, -0.25) is 4.79 Å².